The van der Waals surface area contributed by atoms with Gasteiger partial charge in [0.05, 0.1) is 6.04 Å². The fourth-order valence-electron chi connectivity index (χ4n) is 5.07. The van der Waals surface area contributed by atoms with E-state index in [9.17, 15) is 9.59 Å². The first-order valence-corrected chi connectivity index (χ1v) is 14.1. The van der Waals surface area contributed by atoms with Crippen molar-refractivity contribution < 1.29 is 19.4 Å². The molecule has 0 saturated carbocycles. The molecular formula is C28H26Cl2IN3O4. The van der Waals surface area contributed by atoms with Gasteiger partial charge >= 0.3 is 5.97 Å². The van der Waals surface area contributed by atoms with Crippen molar-refractivity contribution in [2.45, 2.75) is 43.8 Å². The number of hydrogen-bond acceptors (Lipinski definition) is 5. The topological polar surface area (TPSA) is 90.9 Å². The number of carboxylic acid groups (broad SMARTS) is 1. The Bertz CT molecular complexity index is 1320. The van der Waals surface area contributed by atoms with Crippen LogP contribution in [0.5, 0.6) is 0 Å². The molecule has 4 unspecified atom stereocenters. The fraction of sp³-hybridized carbons (Fsp3) is 0.286. The van der Waals surface area contributed by atoms with Crippen LogP contribution in [-0.4, -0.2) is 34.7 Å². The predicted octanol–water partition coefficient (Wildman–Crippen LogP) is 6.53. The normalized spacial score (nSPS) is 20.9. The number of benzene rings is 3. The van der Waals surface area contributed by atoms with Gasteiger partial charge in [-0.3, -0.25) is 9.59 Å². The van der Waals surface area contributed by atoms with Crippen LogP contribution in [-0.2, 0) is 14.3 Å². The smallest absolute Gasteiger partial charge is 0.303 e. The van der Waals surface area contributed by atoms with Crippen LogP contribution in [0.25, 0.3) is 0 Å². The Morgan fingerprint density at radius 2 is 1.71 bits per heavy atom. The standard InChI is InChI=1S/C28H26Cl2IN3O4/c29-18-8-4-16(5-9-18)24(26(37)32-14-2-1-3-23(35)36)34-25(17-6-10-19(30)11-7-17)27-33-22-13-12-20(31)15-21(22)28(34)38-27/h4-13,15,24-25,27-28,33H,1-3,14H2,(H,32,37)(H,35,36). The maximum atomic E-state index is 13.9. The number of halogens is 3. The first kappa shape index (κ1) is 27.2. The zero-order valence-corrected chi connectivity index (χ0v) is 23.9. The number of amides is 1. The second-order valence-corrected chi connectivity index (χ2v) is 11.4. The monoisotopic (exact) mass is 665 g/mol. The third-order valence-corrected chi connectivity index (χ3v) is 7.97. The van der Waals surface area contributed by atoms with Gasteiger partial charge in [-0.25, -0.2) is 4.90 Å². The summed E-state index contributed by atoms with van der Waals surface area (Å²) in [7, 11) is 0. The van der Waals surface area contributed by atoms with Gasteiger partial charge in [-0.05, 0) is 89.0 Å². The van der Waals surface area contributed by atoms with Crippen LogP contribution >= 0.6 is 45.8 Å². The second kappa shape index (κ2) is 11.8. The predicted molar refractivity (Wildman–Crippen MR) is 155 cm³/mol. The summed E-state index contributed by atoms with van der Waals surface area (Å²) >= 11 is 14.7. The molecule has 3 N–H and O–H groups in total. The molecule has 7 nitrogen and oxygen atoms in total. The first-order chi connectivity index (χ1) is 18.3. The van der Waals surface area contributed by atoms with Crippen LogP contribution in [0.15, 0.2) is 66.7 Å². The van der Waals surface area contributed by atoms with E-state index in [1.54, 1.807) is 12.1 Å². The van der Waals surface area contributed by atoms with Gasteiger partial charge in [0.2, 0.25) is 5.91 Å². The highest BCUT2D eigenvalue weighted by Gasteiger charge is 2.52. The second-order valence-electron chi connectivity index (χ2n) is 9.32. The van der Waals surface area contributed by atoms with Crippen LogP contribution in [0.2, 0.25) is 10.0 Å². The minimum absolute atomic E-state index is 0.0694. The Hall–Kier alpha value is -2.37. The van der Waals surface area contributed by atoms with E-state index in [0.717, 1.165) is 25.9 Å². The molecule has 2 bridgehead atoms. The maximum absolute atomic E-state index is 13.9. The number of unbranched alkanes of at least 4 members (excludes halogenated alkanes) is 1. The lowest BCUT2D eigenvalue weighted by atomic mass is 9.97. The van der Waals surface area contributed by atoms with Crippen molar-refractivity contribution in [3.05, 3.63) is 97.0 Å². The average molecular weight is 666 g/mol. The number of carbonyl (C=O) groups excluding carboxylic acids is 1. The van der Waals surface area contributed by atoms with Crippen molar-refractivity contribution in [1.29, 1.82) is 0 Å². The molecule has 0 radical (unpaired) electrons. The minimum Gasteiger partial charge on any atom is -0.481 e. The average Bonchev–Trinajstić information content (AvgIpc) is 3.19. The molecule has 1 saturated heterocycles. The summed E-state index contributed by atoms with van der Waals surface area (Å²) in [5.41, 5.74) is 3.67. The van der Waals surface area contributed by atoms with Crippen molar-refractivity contribution in [2.75, 3.05) is 11.9 Å². The third-order valence-electron chi connectivity index (χ3n) is 6.79. The molecule has 0 aromatic heterocycles. The number of nitrogens with zero attached hydrogens (tertiary/aromatic N) is 1. The number of carbonyl (C=O) groups is 2. The Kier molecular flexibility index (Phi) is 8.44. The molecular weight excluding hydrogens is 640 g/mol. The molecule has 2 aliphatic rings. The summed E-state index contributed by atoms with van der Waals surface area (Å²) in [6.45, 7) is 0.372. The number of hydrogen-bond donors (Lipinski definition) is 3. The van der Waals surface area contributed by atoms with E-state index in [1.807, 2.05) is 48.5 Å². The van der Waals surface area contributed by atoms with Crippen molar-refractivity contribution in [1.82, 2.24) is 10.2 Å². The van der Waals surface area contributed by atoms with Gasteiger partial charge in [-0.2, -0.15) is 0 Å². The van der Waals surface area contributed by atoms with Gasteiger partial charge in [-0.15, -0.1) is 0 Å². The molecule has 3 aromatic carbocycles. The summed E-state index contributed by atoms with van der Waals surface area (Å²) in [6, 6.07) is 20.0. The highest BCUT2D eigenvalue weighted by molar-refractivity contribution is 14.1. The molecule has 38 heavy (non-hydrogen) atoms. The number of carboxylic acids is 1. The molecule has 0 aliphatic carbocycles. The first-order valence-electron chi connectivity index (χ1n) is 12.3. The maximum Gasteiger partial charge on any atom is 0.303 e. The number of anilines is 1. The van der Waals surface area contributed by atoms with Gasteiger partial charge in [0, 0.05) is 37.8 Å². The minimum atomic E-state index is -0.844. The summed E-state index contributed by atoms with van der Waals surface area (Å²) in [4.78, 5) is 26.9. The molecule has 0 spiro atoms. The van der Waals surface area contributed by atoms with Crippen molar-refractivity contribution in [3.63, 3.8) is 0 Å². The van der Waals surface area contributed by atoms with Crippen LogP contribution in [0.4, 0.5) is 5.69 Å². The molecule has 10 heteroatoms. The SMILES string of the molecule is O=C(O)CCCCNC(=O)C(c1ccc(Cl)cc1)N1C2OC(Nc3ccc(I)cc32)C1c1ccc(Cl)cc1. The number of rotatable bonds is 9. The van der Waals surface area contributed by atoms with Crippen LogP contribution in [0, 0.1) is 3.57 Å². The highest BCUT2D eigenvalue weighted by Crippen LogP contribution is 2.53. The zero-order valence-electron chi connectivity index (χ0n) is 20.2. The molecule has 1 fully saturated rings. The van der Waals surface area contributed by atoms with E-state index in [2.05, 4.69) is 44.2 Å². The molecule has 2 heterocycles. The zero-order chi connectivity index (χ0) is 26.8. The van der Waals surface area contributed by atoms with Crippen LogP contribution < -0.4 is 10.6 Å². The largest absolute Gasteiger partial charge is 0.481 e. The van der Waals surface area contributed by atoms with E-state index in [-0.39, 0.29) is 18.4 Å². The summed E-state index contributed by atoms with van der Waals surface area (Å²) < 4.78 is 7.60. The van der Waals surface area contributed by atoms with E-state index < -0.39 is 24.5 Å². The summed E-state index contributed by atoms with van der Waals surface area (Å²) in [5, 5.41) is 16.7. The molecule has 1 amide bonds. The van der Waals surface area contributed by atoms with E-state index in [4.69, 9.17) is 33.0 Å². The van der Waals surface area contributed by atoms with Crippen LogP contribution in [0.3, 0.4) is 0 Å². The summed E-state index contributed by atoms with van der Waals surface area (Å²) in [6.07, 6.45) is 0.246. The van der Waals surface area contributed by atoms with Crippen molar-refractivity contribution >= 4 is 63.4 Å². The number of ether oxygens (including phenoxy) is 1. The molecule has 2 aliphatic heterocycles. The summed E-state index contributed by atoms with van der Waals surface area (Å²) in [5.74, 6) is -1.03. The number of fused-ring (bicyclic) bond motifs is 4. The Morgan fingerprint density at radius 1 is 1.03 bits per heavy atom. The fourth-order valence-corrected chi connectivity index (χ4v) is 5.84. The third kappa shape index (κ3) is 5.79. The molecule has 5 rings (SSSR count). The Morgan fingerprint density at radius 3 is 2.39 bits per heavy atom. The number of nitrogens with one attached hydrogen (secondary N) is 2. The van der Waals surface area contributed by atoms with Crippen molar-refractivity contribution in [2.24, 2.45) is 0 Å². The quantitative estimate of drug-likeness (QED) is 0.178. The van der Waals surface area contributed by atoms with Gasteiger partial charge in [0.1, 0.15) is 18.5 Å². The van der Waals surface area contributed by atoms with Crippen LogP contribution in [0.1, 0.15) is 54.3 Å². The Labute approximate surface area is 244 Å². The molecule has 3 aromatic rings. The molecule has 4 atom stereocenters. The lowest BCUT2D eigenvalue weighted by Crippen LogP contribution is -2.42. The highest BCUT2D eigenvalue weighted by atomic mass is 127. The molecule has 198 valence electrons. The lowest BCUT2D eigenvalue weighted by Gasteiger charge is -2.35. The number of aliphatic carboxylic acids is 1. The van der Waals surface area contributed by atoms with Gasteiger partial charge in [0.25, 0.3) is 0 Å². The Balaban J connectivity index is 1.55. The van der Waals surface area contributed by atoms with E-state index in [0.29, 0.717) is 29.4 Å². The van der Waals surface area contributed by atoms with Gasteiger partial charge in [-0.1, -0.05) is 47.5 Å². The van der Waals surface area contributed by atoms with Gasteiger partial charge in [0.15, 0.2) is 0 Å². The van der Waals surface area contributed by atoms with Gasteiger partial charge < -0.3 is 20.5 Å². The van der Waals surface area contributed by atoms with E-state index >= 15 is 0 Å². The van der Waals surface area contributed by atoms with E-state index in [1.165, 1.54) is 0 Å². The van der Waals surface area contributed by atoms with Crippen molar-refractivity contribution in [3.8, 4) is 0 Å². The lowest BCUT2D eigenvalue weighted by molar-refractivity contribution is -0.137.